The Kier molecular flexibility index (Phi) is 6.13. The van der Waals surface area contributed by atoms with Gasteiger partial charge in [-0.1, -0.05) is 17.4 Å². The van der Waals surface area contributed by atoms with Crippen LogP contribution in [0.4, 0.5) is 5.13 Å². The molecule has 0 fully saturated rings. The van der Waals surface area contributed by atoms with E-state index in [0.717, 1.165) is 16.9 Å². The molecule has 7 nitrogen and oxygen atoms in total. The molecule has 2 aromatic rings. The van der Waals surface area contributed by atoms with Gasteiger partial charge in [0.15, 0.2) is 16.6 Å². The first kappa shape index (κ1) is 18.5. The minimum absolute atomic E-state index is 0.333. The molecule has 0 unspecified atom stereocenters. The van der Waals surface area contributed by atoms with Gasteiger partial charge in [0.05, 0.1) is 27.0 Å². The third kappa shape index (κ3) is 4.57. The van der Waals surface area contributed by atoms with Crippen LogP contribution < -0.4 is 14.8 Å². The number of carbonyl (C=O) groups excluding carboxylic acids is 2. The van der Waals surface area contributed by atoms with Crippen LogP contribution in [0.15, 0.2) is 24.3 Å². The summed E-state index contributed by atoms with van der Waals surface area (Å²) in [5.74, 6) is 0.345. The van der Waals surface area contributed by atoms with Gasteiger partial charge in [-0.2, -0.15) is 0 Å². The highest BCUT2D eigenvalue weighted by Crippen LogP contribution is 2.28. The van der Waals surface area contributed by atoms with Crippen molar-refractivity contribution in [2.45, 2.75) is 6.92 Å². The lowest BCUT2D eigenvalue weighted by molar-refractivity contribution is -0.111. The van der Waals surface area contributed by atoms with Crippen LogP contribution in [-0.2, 0) is 9.53 Å². The Labute approximate surface area is 149 Å². The summed E-state index contributed by atoms with van der Waals surface area (Å²) in [6, 6.07) is 5.31. The van der Waals surface area contributed by atoms with Crippen LogP contribution in [0, 0.1) is 6.92 Å². The predicted molar refractivity (Wildman–Crippen MR) is 95.4 cm³/mol. The molecule has 25 heavy (non-hydrogen) atoms. The highest BCUT2D eigenvalue weighted by atomic mass is 32.1. The van der Waals surface area contributed by atoms with E-state index in [1.54, 1.807) is 45.4 Å². The van der Waals surface area contributed by atoms with Gasteiger partial charge in [-0.3, -0.25) is 10.1 Å². The number of nitrogens with zero attached hydrogens (tertiary/aromatic N) is 1. The van der Waals surface area contributed by atoms with E-state index in [9.17, 15) is 9.59 Å². The molecule has 0 radical (unpaired) electrons. The molecule has 1 aromatic heterocycles. The van der Waals surface area contributed by atoms with Gasteiger partial charge in [-0.15, -0.1) is 0 Å². The van der Waals surface area contributed by atoms with Gasteiger partial charge in [0, 0.05) is 6.08 Å². The first-order valence-electron chi connectivity index (χ1n) is 7.25. The van der Waals surface area contributed by atoms with Gasteiger partial charge in [0.25, 0.3) is 0 Å². The number of aromatic nitrogens is 1. The minimum atomic E-state index is -0.476. The minimum Gasteiger partial charge on any atom is -0.493 e. The highest BCUT2D eigenvalue weighted by molar-refractivity contribution is 7.17. The van der Waals surface area contributed by atoms with Crippen LogP contribution in [0.5, 0.6) is 11.5 Å². The molecule has 0 saturated carbocycles. The second-order valence-electron chi connectivity index (χ2n) is 4.86. The van der Waals surface area contributed by atoms with Crippen LogP contribution in [0.2, 0.25) is 0 Å². The van der Waals surface area contributed by atoms with E-state index in [4.69, 9.17) is 9.47 Å². The fraction of sp³-hybridized carbons (Fsp3) is 0.235. The number of hydrogen-bond acceptors (Lipinski definition) is 7. The van der Waals surface area contributed by atoms with Crippen LogP contribution in [0.25, 0.3) is 6.08 Å². The van der Waals surface area contributed by atoms with Crippen molar-refractivity contribution in [1.82, 2.24) is 4.98 Å². The van der Waals surface area contributed by atoms with E-state index < -0.39 is 5.97 Å². The van der Waals surface area contributed by atoms with E-state index in [-0.39, 0.29) is 5.91 Å². The van der Waals surface area contributed by atoms with Gasteiger partial charge < -0.3 is 14.2 Å². The molecule has 8 heteroatoms. The van der Waals surface area contributed by atoms with Crippen molar-refractivity contribution in [1.29, 1.82) is 0 Å². The summed E-state index contributed by atoms with van der Waals surface area (Å²) in [7, 11) is 4.40. The Morgan fingerprint density at radius 3 is 2.52 bits per heavy atom. The summed E-state index contributed by atoms with van der Waals surface area (Å²) in [5, 5.41) is 2.95. The number of rotatable bonds is 6. The van der Waals surface area contributed by atoms with Gasteiger partial charge in [0.2, 0.25) is 5.91 Å². The zero-order valence-electron chi connectivity index (χ0n) is 14.3. The van der Waals surface area contributed by atoms with E-state index in [1.165, 1.54) is 13.2 Å². The molecule has 0 aliphatic carbocycles. The molecule has 0 aliphatic heterocycles. The monoisotopic (exact) mass is 362 g/mol. The topological polar surface area (TPSA) is 86.8 Å². The number of ether oxygens (including phenoxy) is 3. The number of amides is 1. The molecule has 0 atom stereocenters. The molecule has 0 saturated heterocycles. The molecule has 0 bridgehead atoms. The van der Waals surface area contributed by atoms with Gasteiger partial charge in [-0.25, -0.2) is 9.78 Å². The van der Waals surface area contributed by atoms with Crippen LogP contribution in [-0.4, -0.2) is 38.2 Å². The maximum atomic E-state index is 12.0. The highest BCUT2D eigenvalue weighted by Gasteiger charge is 2.16. The lowest BCUT2D eigenvalue weighted by atomic mass is 10.2. The summed E-state index contributed by atoms with van der Waals surface area (Å²) in [6.45, 7) is 1.68. The lowest BCUT2D eigenvalue weighted by Crippen LogP contribution is -2.07. The first-order valence-corrected chi connectivity index (χ1v) is 8.07. The van der Waals surface area contributed by atoms with E-state index >= 15 is 0 Å². The number of nitrogens with one attached hydrogen (secondary N) is 1. The number of aryl methyl sites for hydroxylation is 1. The fourth-order valence-corrected chi connectivity index (χ4v) is 2.89. The van der Waals surface area contributed by atoms with E-state index in [2.05, 4.69) is 15.0 Å². The van der Waals surface area contributed by atoms with Gasteiger partial charge in [0.1, 0.15) is 4.88 Å². The third-order valence-electron chi connectivity index (χ3n) is 3.23. The molecule has 1 N–H and O–H groups in total. The average Bonchev–Trinajstić information content (AvgIpc) is 2.98. The number of anilines is 1. The van der Waals surface area contributed by atoms with Crippen LogP contribution >= 0.6 is 11.3 Å². The predicted octanol–water partition coefficient (Wildman–Crippen LogP) is 2.91. The smallest absolute Gasteiger partial charge is 0.350 e. The summed E-state index contributed by atoms with van der Waals surface area (Å²) in [5.41, 5.74) is 1.29. The number of carbonyl (C=O) groups is 2. The number of thiazole rings is 1. The molecule has 1 amide bonds. The molecule has 2 rings (SSSR count). The van der Waals surface area contributed by atoms with Gasteiger partial charge >= 0.3 is 5.97 Å². The van der Waals surface area contributed by atoms with Crippen molar-refractivity contribution in [2.75, 3.05) is 26.6 Å². The SMILES string of the molecule is COC(=O)c1sc(NC(=O)/C=C/c2ccc(OC)c(OC)c2)nc1C. The second kappa shape index (κ2) is 8.29. The average molecular weight is 362 g/mol. The molecule has 132 valence electrons. The van der Waals surface area contributed by atoms with Gasteiger partial charge in [-0.05, 0) is 30.7 Å². The molecular formula is C17H18N2O5S. The van der Waals surface area contributed by atoms with E-state index in [0.29, 0.717) is 27.2 Å². The normalized spacial score (nSPS) is 10.6. The van der Waals surface area contributed by atoms with Crippen LogP contribution in [0.1, 0.15) is 20.9 Å². The van der Waals surface area contributed by atoms with E-state index in [1.807, 2.05) is 0 Å². The van der Waals surface area contributed by atoms with Crippen molar-refractivity contribution in [3.63, 3.8) is 0 Å². The Morgan fingerprint density at radius 1 is 1.16 bits per heavy atom. The van der Waals surface area contributed by atoms with Crippen LogP contribution in [0.3, 0.4) is 0 Å². The largest absolute Gasteiger partial charge is 0.493 e. The molecule has 0 spiro atoms. The summed E-state index contributed by atoms with van der Waals surface area (Å²) < 4.78 is 15.0. The molecule has 0 aliphatic rings. The maximum Gasteiger partial charge on any atom is 0.350 e. The zero-order chi connectivity index (χ0) is 18.4. The number of hydrogen-bond donors (Lipinski definition) is 1. The quantitative estimate of drug-likeness (QED) is 0.628. The van der Waals surface area contributed by atoms with Crippen molar-refractivity contribution in [2.24, 2.45) is 0 Å². The van der Waals surface area contributed by atoms with Crippen molar-refractivity contribution in [3.8, 4) is 11.5 Å². The Balaban J connectivity index is 2.07. The number of methoxy groups -OCH3 is 3. The molecule has 1 heterocycles. The number of esters is 1. The number of benzene rings is 1. The van der Waals surface area contributed by atoms with Crippen molar-refractivity contribution in [3.05, 3.63) is 40.4 Å². The summed E-state index contributed by atoms with van der Waals surface area (Å²) >= 11 is 1.07. The first-order chi connectivity index (χ1) is 12.0. The summed E-state index contributed by atoms with van der Waals surface area (Å²) in [6.07, 6.45) is 3.01. The Hall–Kier alpha value is -2.87. The van der Waals surface area contributed by atoms with Crippen molar-refractivity contribution < 1.29 is 23.8 Å². The zero-order valence-corrected chi connectivity index (χ0v) is 15.1. The lowest BCUT2D eigenvalue weighted by Gasteiger charge is -2.07. The Morgan fingerprint density at radius 2 is 1.88 bits per heavy atom. The standard InChI is InChI=1S/C17H18N2O5S/c1-10-15(16(21)24-4)25-17(18-10)19-14(20)8-6-11-5-7-12(22-2)13(9-11)23-3/h5-9H,1-4H3,(H,18,19,20)/b8-6+. The Bertz CT molecular complexity index is 813. The maximum absolute atomic E-state index is 12.0. The van der Waals surface area contributed by atoms with Crippen molar-refractivity contribution >= 4 is 34.4 Å². The summed E-state index contributed by atoms with van der Waals surface area (Å²) in [4.78, 5) is 28.1. The molecule has 1 aromatic carbocycles. The third-order valence-corrected chi connectivity index (χ3v) is 4.29. The fourth-order valence-electron chi connectivity index (χ4n) is 2.01. The molecular weight excluding hydrogens is 344 g/mol. The second-order valence-corrected chi connectivity index (χ2v) is 5.86.